The lowest BCUT2D eigenvalue weighted by atomic mass is 10.1. The first-order valence-electron chi connectivity index (χ1n) is 7.58. The number of hydrogen-bond acceptors (Lipinski definition) is 4. The topological polar surface area (TPSA) is 55.1 Å². The highest BCUT2D eigenvalue weighted by molar-refractivity contribution is 5.68. The second-order valence-corrected chi connectivity index (χ2v) is 5.49. The van der Waals surface area contributed by atoms with Crippen molar-refractivity contribution in [3.8, 4) is 22.4 Å². The average Bonchev–Trinajstić information content (AvgIpc) is 3.05. The second-order valence-electron chi connectivity index (χ2n) is 5.49. The number of pyridine rings is 1. The molecule has 1 aromatic carbocycles. The third kappa shape index (κ3) is 2.80. The molecule has 0 amide bonds. The average molecular weight is 337 g/mol. The summed E-state index contributed by atoms with van der Waals surface area (Å²) in [5, 5.41) is 2.98. The number of anilines is 1. The molecule has 3 aromatic heterocycles. The molecule has 0 aliphatic heterocycles. The summed E-state index contributed by atoms with van der Waals surface area (Å²) >= 11 is 0. The Morgan fingerprint density at radius 2 is 1.80 bits per heavy atom. The van der Waals surface area contributed by atoms with Crippen molar-refractivity contribution in [2.75, 3.05) is 12.4 Å². The zero-order valence-electron chi connectivity index (χ0n) is 13.2. The molecule has 0 spiro atoms. The molecule has 0 unspecified atom stereocenters. The van der Waals surface area contributed by atoms with Gasteiger partial charge in [-0.1, -0.05) is 0 Å². The molecule has 25 heavy (non-hydrogen) atoms. The maximum absolute atomic E-state index is 14.2. The van der Waals surface area contributed by atoms with E-state index in [9.17, 15) is 8.78 Å². The summed E-state index contributed by atoms with van der Waals surface area (Å²) in [5.41, 5.74) is 3.15. The van der Waals surface area contributed by atoms with Gasteiger partial charge in [-0.3, -0.25) is 4.40 Å². The van der Waals surface area contributed by atoms with Gasteiger partial charge in [0.2, 0.25) is 11.7 Å². The van der Waals surface area contributed by atoms with Gasteiger partial charge in [-0.25, -0.2) is 19.3 Å². The number of rotatable bonds is 3. The Morgan fingerprint density at radius 3 is 2.56 bits per heavy atom. The van der Waals surface area contributed by atoms with Crippen LogP contribution in [0.2, 0.25) is 0 Å². The van der Waals surface area contributed by atoms with Crippen molar-refractivity contribution in [2.24, 2.45) is 0 Å². The molecule has 0 fully saturated rings. The molecule has 0 bridgehead atoms. The molecule has 1 N–H and O–H groups in total. The van der Waals surface area contributed by atoms with E-state index in [0.717, 1.165) is 16.8 Å². The van der Waals surface area contributed by atoms with E-state index in [1.807, 2.05) is 0 Å². The first-order chi connectivity index (χ1) is 12.1. The van der Waals surface area contributed by atoms with E-state index in [1.54, 1.807) is 48.2 Å². The Labute approximate surface area is 142 Å². The summed E-state index contributed by atoms with van der Waals surface area (Å²) in [4.78, 5) is 12.3. The van der Waals surface area contributed by atoms with Crippen molar-refractivity contribution >= 4 is 11.5 Å². The number of fused-ring (bicyclic) bond motifs is 1. The zero-order valence-corrected chi connectivity index (χ0v) is 13.2. The van der Waals surface area contributed by atoms with E-state index in [4.69, 9.17) is 0 Å². The minimum absolute atomic E-state index is 0.356. The van der Waals surface area contributed by atoms with Crippen molar-refractivity contribution in [3.05, 3.63) is 66.9 Å². The monoisotopic (exact) mass is 337 g/mol. The lowest BCUT2D eigenvalue weighted by molar-refractivity contribution is 0.584. The molecule has 3 heterocycles. The molecule has 0 atom stereocenters. The Balaban J connectivity index is 1.79. The number of nitrogens with zero attached hydrogens (tertiary/aromatic N) is 4. The molecular formula is C18H13F2N5. The molecule has 0 radical (unpaired) electrons. The van der Waals surface area contributed by atoms with E-state index in [2.05, 4.69) is 20.3 Å². The fourth-order valence-corrected chi connectivity index (χ4v) is 2.59. The van der Waals surface area contributed by atoms with Crippen LogP contribution >= 0.6 is 0 Å². The van der Waals surface area contributed by atoms with Gasteiger partial charge in [0.1, 0.15) is 5.82 Å². The Bertz CT molecular complexity index is 1060. The van der Waals surface area contributed by atoms with E-state index in [1.165, 1.54) is 18.3 Å². The van der Waals surface area contributed by atoms with Gasteiger partial charge >= 0.3 is 0 Å². The van der Waals surface area contributed by atoms with Crippen LogP contribution in [-0.4, -0.2) is 26.4 Å². The van der Waals surface area contributed by atoms with Crippen LogP contribution in [0.4, 0.5) is 14.5 Å². The quantitative estimate of drug-likeness (QED) is 0.578. The van der Waals surface area contributed by atoms with E-state index in [-0.39, 0.29) is 5.82 Å². The molecular weight excluding hydrogens is 324 g/mol. The number of imidazole rings is 1. The normalized spacial score (nSPS) is 11.0. The van der Waals surface area contributed by atoms with Gasteiger partial charge in [-0.05, 0) is 30.3 Å². The Morgan fingerprint density at radius 1 is 0.960 bits per heavy atom. The first kappa shape index (κ1) is 15.2. The number of aromatic nitrogens is 4. The van der Waals surface area contributed by atoms with Crippen molar-refractivity contribution < 1.29 is 8.78 Å². The van der Waals surface area contributed by atoms with Crippen molar-refractivity contribution in [1.29, 1.82) is 0 Å². The standard InChI is InChI=1S/C18H13F2N5/c1-21-13-3-4-15(19)14(6-13)16-10-25-9-12(8-23-18(25)24-16)11-2-5-17(20)22-7-11/h2-10,21H,1H3. The predicted octanol–water partition coefficient (Wildman–Crippen LogP) is 3.78. The van der Waals surface area contributed by atoms with Crippen LogP contribution < -0.4 is 5.32 Å². The van der Waals surface area contributed by atoms with Crippen molar-refractivity contribution in [2.45, 2.75) is 0 Å². The molecule has 7 heteroatoms. The summed E-state index contributed by atoms with van der Waals surface area (Å²) in [6, 6.07) is 7.67. The van der Waals surface area contributed by atoms with E-state index >= 15 is 0 Å². The molecule has 0 aliphatic carbocycles. The van der Waals surface area contributed by atoms with Gasteiger partial charge in [-0.2, -0.15) is 4.39 Å². The minimum Gasteiger partial charge on any atom is -0.388 e. The number of halogens is 2. The summed E-state index contributed by atoms with van der Waals surface area (Å²) in [7, 11) is 1.77. The van der Waals surface area contributed by atoms with Gasteiger partial charge in [-0.15, -0.1) is 0 Å². The van der Waals surface area contributed by atoms with Crippen molar-refractivity contribution in [3.63, 3.8) is 0 Å². The smallest absolute Gasteiger partial charge is 0.234 e. The van der Waals surface area contributed by atoms with Crippen LogP contribution in [0.1, 0.15) is 0 Å². The molecule has 4 rings (SSSR count). The zero-order chi connectivity index (χ0) is 17.4. The van der Waals surface area contributed by atoms with E-state index < -0.39 is 5.95 Å². The number of nitrogens with one attached hydrogen (secondary N) is 1. The SMILES string of the molecule is CNc1ccc(F)c(-c2cn3cc(-c4ccc(F)nc4)cnc3n2)c1. The van der Waals surface area contributed by atoms with E-state index in [0.29, 0.717) is 17.0 Å². The summed E-state index contributed by atoms with van der Waals surface area (Å²) < 4.78 is 28.8. The summed E-state index contributed by atoms with van der Waals surface area (Å²) in [6.07, 6.45) is 6.57. The van der Waals surface area contributed by atoms with Crippen LogP contribution in [-0.2, 0) is 0 Å². The van der Waals surface area contributed by atoms with Crippen LogP contribution in [0, 0.1) is 11.8 Å². The molecule has 124 valence electrons. The highest BCUT2D eigenvalue weighted by Crippen LogP contribution is 2.26. The van der Waals surface area contributed by atoms with Gasteiger partial charge in [0.15, 0.2) is 0 Å². The molecule has 0 saturated heterocycles. The van der Waals surface area contributed by atoms with Gasteiger partial charge in [0, 0.05) is 54.2 Å². The van der Waals surface area contributed by atoms with Crippen LogP contribution in [0.5, 0.6) is 0 Å². The maximum Gasteiger partial charge on any atom is 0.234 e. The van der Waals surface area contributed by atoms with Gasteiger partial charge < -0.3 is 5.32 Å². The van der Waals surface area contributed by atoms with Crippen molar-refractivity contribution in [1.82, 2.24) is 19.4 Å². The van der Waals surface area contributed by atoms with Crippen LogP contribution in [0.3, 0.4) is 0 Å². The Kier molecular flexibility index (Phi) is 3.61. The third-order valence-corrected chi connectivity index (χ3v) is 3.90. The highest BCUT2D eigenvalue weighted by Gasteiger charge is 2.12. The molecule has 5 nitrogen and oxygen atoms in total. The number of hydrogen-bond donors (Lipinski definition) is 1. The lowest BCUT2D eigenvalue weighted by Crippen LogP contribution is -1.91. The molecule has 4 aromatic rings. The fraction of sp³-hybridized carbons (Fsp3) is 0.0556. The van der Waals surface area contributed by atoms with Gasteiger partial charge in [0.05, 0.1) is 5.69 Å². The summed E-state index contributed by atoms with van der Waals surface area (Å²) in [6.45, 7) is 0. The largest absolute Gasteiger partial charge is 0.388 e. The minimum atomic E-state index is -0.539. The van der Waals surface area contributed by atoms with Crippen LogP contribution in [0.15, 0.2) is 55.1 Å². The lowest BCUT2D eigenvalue weighted by Gasteiger charge is -2.03. The molecule has 0 aliphatic rings. The summed E-state index contributed by atoms with van der Waals surface area (Å²) in [5.74, 6) is -0.448. The third-order valence-electron chi connectivity index (χ3n) is 3.90. The van der Waals surface area contributed by atoms with Gasteiger partial charge in [0.25, 0.3) is 0 Å². The predicted molar refractivity (Wildman–Crippen MR) is 91.1 cm³/mol. The first-order valence-corrected chi connectivity index (χ1v) is 7.58. The Hall–Kier alpha value is -3.35. The fourth-order valence-electron chi connectivity index (χ4n) is 2.59. The van der Waals surface area contributed by atoms with Crippen LogP contribution in [0.25, 0.3) is 28.2 Å². The highest BCUT2D eigenvalue weighted by atomic mass is 19.1. The second kappa shape index (κ2) is 5.94. The number of benzene rings is 1. The molecule has 0 saturated carbocycles. The maximum atomic E-state index is 14.2.